The third-order valence-electron chi connectivity index (χ3n) is 3.70. The van der Waals surface area contributed by atoms with Crippen LogP contribution in [0.25, 0.3) is 0 Å². The molecule has 138 valence electrons. The third kappa shape index (κ3) is 6.02. The minimum atomic E-state index is -0.245. The van der Waals surface area contributed by atoms with Crippen LogP contribution in [0.1, 0.15) is 11.1 Å². The quantitative estimate of drug-likeness (QED) is 0.775. The van der Waals surface area contributed by atoms with Crippen molar-refractivity contribution in [3.63, 3.8) is 0 Å². The molecule has 0 aliphatic carbocycles. The van der Waals surface area contributed by atoms with Crippen molar-refractivity contribution in [1.82, 2.24) is 4.90 Å². The first-order valence-corrected chi connectivity index (χ1v) is 8.80. The molecule has 0 heterocycles. The minimum Gasteiger partial charge on any atom is -0.325 e. The van der Waals surface area contributed by atoms with Gasteiger partial charge in [-0.1, -0.05) is 35.3 Å². The monoisotopic (exact) mass is 393 g/mol. The Balaban J connectivity index is 1.85. The fourth-order valence-electron chi connectivity index (χ4n) is 2.38. The fraction of sp³-hybridized carbons (Fsp3) is 0.263. The number of nitrogens with zero attached hydrogens (tertiary/aromatic N) is 1. The van der Waals surface area contributed by atoms with Gasteiger partial charge in [-0.2, -0.15) is 0 Å². The summed E-state index contributed by atoms with van der Waals surface area (Å²) in [6.07, 6.45) is 0. The van der Waals surface area contributed by atoms with Crippen molar-refractivity contribution in [2.75, 3.05) is 30.8 Å². The van der Waals surface area contributed by atoms with Crippen molar-refractivity contribution in [1.29, 1.82) is 0 Å². The lowest BCUT2D eigenvalue weighted by molar-refractivity contribution is -0.119. The number of anilines is 2. The van der Waals surface area contributed by atoms with E-state index in [4.69, 9.17) is 23.2 Å². The maximum Gasteiger partial charge on any atom is 0.238 e. The van der Waals surface area contributed by atoms with E-state index in [1.165, 1.54) is 0 Å². The number of carbonyl (C=O) groups excluding carboxylic acids is 2. The maximum absolute atomic E-state index is 12.2. The van der Waals surface area contributed by atoms with Gasteiger partial charge in [0.1, 0.15) is 0 Å². The molecule has 0 bridgehead atoms. The lowest BCUT2D eigenvalue weighted by Gasteiger charge is -2.17. The molecule has 2 amide bonds. The Morgan fingerprint density at radius 3 is 2.23 bits per heavy atom. The lowest BCUT2D eigenvalue weighted by Crippen LogP contribution is -2.36. The van der Waals surface area contributed by atoms with Crippen LogP contribution in [-0.2, 0) is 9.59 Å². The predicted octanol–water partition coefficient (Wildman–Crippen LogP) is 4.12. The van der Waals surface area contributed by atoms with Gasteiger partial charge in [-0.25, -0.2) is 0 Å². The largest absolute Gasteiger partial charge is 0.325 e. The second-order valence-electron chi connectivity index (χ2n) is 6.22. The smallest absolute Gasteiger partial charge is 0.238 e. The Bertz CT molecular complexity index is 824. The van der Waals surface area contributed by atoms with Crippen LogP contribution in [0, 0.1) is 13.8 Å². The number of benzene rings is 2. The van der Waals surface area contributed by atoms with E-state index in [1.807, 2.05) is 32.0 Å². The van der Waals surface area contributed by atoms with Gasteiger partial charge in [-0.3, -0.25) is 14.5 Å². The van der Waals surface area contributed by atoms with Gasteiger partial charge < -0.3 is 10.6 Å². The molecule has 0 aliphatic rings. The Morgan fingerprint density at radius 2 is 1.58 bits per heavy atom. The van der Waals surface area contributed by atoms with E-state index in [0.717, 1.165) is 16.8 Å². The zero-order valence-electron chi connectivity index (χ0n) is 14.9. The molecular formula is C19H21Cl2N3O2. The molecule has 0 unspecified atom stereocenters. The van der Waals surface area contributed by atoms with E-state index in [9.17, 15) is 9.59 Å². The summed E-state index contributed by atoms with van der Waals surface area (Å²) in [5.41, 5.74) is 3.39. The molecule has 0 aliphatic heterocycles. The molecular weight excluding hydrogens is 373 g/mol. The Kier molecular flexibility index (Phi) is 7.03. The number of carbonyl (C=O) groups is 2. The molecule has 2 rings (SSSR count). The number of nitrogens with one attached hydrogen (secondary N) is 2. The summed E-state index contributed by atoms with van der Waals surface area (Å²) >= 11 is 11.8. The number of aryl methyl sites for hydroxylation is 2. The van der Waals surface area contributed by atoms with E-state index >= 15 is 0 Å². The van der Waals surface area contributed by atoms with Crippen molar-refractivity contribution >= 4 is 46.4 Å². The molecule has 2 N–H and O–H groups in total. The fourth-order valence-corrected chi connectivity index (χ4v) is 2.68. The highest BCUT2D eigenvalue weighted by Gasteiger charge is 2.12. The molecule has 26 heavy (non-hydrogen) atoms. The highest BCUT2D eigenvalue weighted by Crippen LogP contribution is 2.24. The van der Waals surface area contributed by atoms with Crippen LogP contribution in [0.4, 0.5) is 11.4 Å². The normalized spacial score (nSPS) is 10.7. The number of amides is 2. The Hall–Kier alpha value is -2.08. The van der Waals surface area contributed by atoms with Gasteiger partial charge in [0.05, 0.1) is 23.1 Å². The predicted molar refractivity (Wildman–Crippen MR) is 107 cm³/mol. The van der Waals surface area contributed by atoms with Crippen LogP contribution in [0.2, 0.25) is 10.0 Å². The summed E-state index contributed by atoms with van der Waals surface area (Å²) in [5.74, 6) is -0.422. The molecule has 0 saturated heterocycles. The van der Waals surface area contributed by atoms with Crippen LogP contribution in [-0.4, -0.2) is 36.9 Å². The first-order chi connectivity index (χ1) is 12.2. The van der Waals surface area contributed by atoms with Gasteiger partial charge in [0.25, 0.3) is 0 Å². The molecule has 7 heteroatoms. The molecule has 0 radical (unpaired) electrons. The molecule has 0 aromatic heterocycles. The van der Waals surface area contributed by atoms with Crippen LogP contribution < -0.4 is 10.6 Å². The number of rotatable bonds is 6. The topological polar surface area (TPSA) is 61.4 Å². The zero-order valence-corrected chi connectivity index (χ0v) is 16.4. The van der Waals surface area contributed by atoms with E-state index in [0.29, 0.717) is 15.7 Å². The zero-order chi connectivity index (χ0) is 19.3. The van der Waals surface area contributed by atoms with E-state index < -0.39 is 0 Å². The SMILES string of the molecule is Cc1ccc(C)c(NC(=O)CN(C)CC(=O)Nc2ccc(Cl)c(Cl)c2)c1. The van der Waals surface area contributed by atoms with E-state index in [2.05, 4.69) is 10.6 Å². The highest BCUT2D eigenvalue weighted by molar-refractivity contribution is 6.42. The summed E-state index contributed by atoms with van der Waals surface area (Å²) in [5, 5.41) is 6.39. The van der Waals surface area contributed by atoms with Crippen molar-refractivity contribution < 1.29 is 9.59 Å². The van der Waals surface area contributed by atoms with Crippen LogP contribution >= 0.6 is 23.2 Å². The van der Waals surface area contributed by atoms with Crippen molar-refractivity contribution in [3.05, 3.63) is 57.6 Å². The van der Waals surface area contributed by atoms with Crippen LogP contribution in [0.15, 0.2) is 36.4 Å². The standard InChI is InChI=1S/C19H21Cl2N3O2/c1-12-4-5-13(2)17(8-12)23-19(26)11-24(3)10-18(25)22-14-6-7-15(20)16(21)9-14/h4-9H,10-11H2,1-3H3,(H,22,25)(H,23,26). The molecule has 0 atom stereocenters. The lowest BCUT2D eigenvalue weighted by atomic mass is 10.1. The molecule has 0 spiro atoms. The van der Waals surface area contributed by atoms with Crippen molar-refractivity contribution in [3.8, 4) is 0 Å². The molecule has 0 saturated carbocycles. The average Bonchev–Trinajstić information content (AvgIpc) is 2.54. The summed E-state index contributed by atoms with van der Waals surface area (Å²) < 4.78 is 0. The first kappa shape index (κ1) is 20.2. The molecule has 2 aromatic rings. The van der Waals surface area contributed by atoms with Gasteiger partial charge in [0.2, 0.25) is 11.8 Å². The van der Waals surface area contributed by atoms with Gasteiger partial charge in [-0.05, 0) is 56.3 Å². The van der Waals surface area contributed by atoms with Crippen molar-refractivity contribution in [2.24, 2.45) is 0 Å². The molecule has 0 fully saturated rings. The summed E-state index contributed by atoms with van der Waals surface area (Å²) in [4.78, 5) is 25.9. The maximum atomic E-state index is 12.2. The molecule has 5 nitrogen and oxygen atoms in total. The van der Waals surface area contributed by atoms with Crippen LogP contribution in [0.3, 0.4) is 0 Å². The highest BCUT2D eigenvalue weighted by atomic mass is 35.5. The number of likely N-dealkylation sites (N-methyl/N-ethyl adjacent to an activating group) is 1. The minimum absolute atomic E-state index is 0.0699. The number of halogens is 2. The number of hydrogen-bond donors (Lipinski definition) is 2. The summed E-state index contributed by atoms with van der Waals surface area (Å²) in [6, 6.07) is 10.7. The van der Waals surface area contributed by atoms with Gasteiger partial charge in [-0.15, -0.1) is 0 Å². The first-order valence-electron chi connectivity index (χ1n) is 8.05. The van der Waals surface area contributed by atoms with Gasteiger partial charge in [0.15, 0.2) is 0 Å². The van der Waals surface area contributed by atoms with E-state index in [1.54, 1.807) is 30.1 Å². The van der Waals surface area contributed by atoms with Crippen molar-refractivity contribution in [2.45, 2.75) is 13.8 Å². The molecule has 2 aromatic carbocycles. The van der Waals surface area contributed by atoms with Gasteiger partial charge >= 0.3 is 0 Å². The number of hydrogen-bond acceptors (Lipinski definition) is 3. The van der Waals surface area contributed by atoms with Gasteiger partial charge in [0, 0.05) is 11.4 Å². The average molecular weight is 394 g/mol. The Labute approximate surface area is 163 Å². The summed E-state index contributed by atoms with van der Waals surface area (Å²) in [6.45, 7) is 4.07. The Morgan fingerprint density at radius 1 is 0.923 bits per heavy atom. The summed E-state index contributed by atoms with van der Waals surface area (Å²) in [7, 11) is 1.71. The third-order valence-corrected chi connectivity index (χ3v) is 4.44. The van der Waals surface area contributed by atoms with Crippen LogP contribution in [0.5, 0.6) is 0 Å². The second-order valence-corrected chi connectivity index (χ2v) is 7.03. The second kappa shape index (κ2) is 9.03. The van der Waals surface area contributed by atoms with E-state index in [-0.39, 0.29) is 24.9 Å².